The van der Waals surface area contributed by atoms with Gasteiger partial charge in [0.1, 0.15) is 23.9 Å². The predicted molar refractivity (Wildman–Crippen MR) is 163 cm³/mol. The molecule has 5 heteroatoms. The van der Waals surface area contributed by atoms with Crippen molar-refractivity contribution in [1.82, 2.24) is 4.98 Å². The Hall–Kier alpha value is -4.12. The highest BCUT2D eigenvalue weighted by Crippen LogP contribution is 2.51. The van der Waals surface area contributed by atoms with E-state index in [0.717, 1.165) is 45.4 Å². The first-order valence-electron chi connectivity index (χ1n) is 14.0. The van der Waals surface area contributed by atoms with Crippen LogP contribution in [0.3, 0.4) is 0 Å². The van der Waals surface area contributed by atoms with Crippen molar-refractivity contribution in [2.75, 3.05) is 11.5 Å². The summed E-state index contributed by atoms with van der Waals surface area (Å²) in [5.74, 6) is 3.17. The van der Waals surface area contributed by atoms with E-state index in [0.29, 0.717) is 12.5 Å². The van der Waals surface area contributed by atoms with Crippen LogP contribution in [0.2, 0.25) is 0 Å². The van der Waals surface area contributed by atoms with Gasteiger partial charge in [-0.1, -0.05) is 58.9 Å². The first-order valence-corrected chi connectivity index (χ1v) is 14.0. The molecule has 40 heavy (non-hydrogen) atoms. The number of pyridine rings is 1. The third-order valence-corrected chi connectivity index (χ3v) is 7.97. The molecule has 0 radical (unpaired) electrons. The number of fused-ring (bicyclic) bond motifs is 2. The Labute approximate surface area is 237 Å². The van der Waals surface area contributed by atoms with Gasteiger partial charge in [0.05, 0.1) is 17.4 Å². The summed E-state index contributed by atoms with van der Waals surface area (Å²) in [5, 5.41) is 0. The summed E-state index contributed by atoms with van der Waals surface area (Å²) < 4.78 is 12.5. The van der Waals surface area contributed by atoms with Gasteiger partial charge in [0.25, 0.3) is 0 Å². The lowest BCUT2D eigenvalue weighted by molar-refractivity contribution is 0.236. The second kappa shape index (κ2) is 9.51. The van der Waals surface area contributed by atoms with Crippen LogP contribution in [0.4, 0.5) is 17.2 Å². The molecular weight excluding hydrogens is 494 g/mol. The van der Waals surface area contributed by atoms with Crippen LogP contribution in [0.25, 0.3) is 0 Å². The van der Waals surface area contributed by atoms with Gasteiger partial charge in [-0.05, 0) is 78.4 Å². The zero-order chi connectivity index (χ0) is 28.2. The highest BCUT2D eigenvalue weighted by molar-refractivity contribution is 5.96. The molecule has 0 saturated carbocycles. The van der Waals surface area contributed by atoms with Crippen molar-refractivity contribution in [3.8, 4) is 11.5 Å². The van der Waals surface area contributed by atoms with Gasteiger partial charge in [0, 0.05) is 28.8 Å². The van der Waals surface area contributed by atoms with Gasteiger partial charge in [0.15, 0.2) is 0 Å². The van der Waals surface area contributed by atoms with E-state index in [1.54, 1.807) is 0 Å². The number of aliphatic imine (C=N–C) groups is 1. The van der Waals surface area contributed by atoms with Crippen molar-refractivity contribution in [1.29, 1.82) is 0 Å². The number of aryl methyl sites for hydroxylation is 2. The minimum atomic E-state index is -0.158. The summed E-state index contributed by atoms with van der Waals surface area (Å²) >= 11 is 0. The number of aromatic nitrogens is 1. The smallest absolute Gasteiger partial charge is 0.216 e. The Bertz CT molecular complexity index is 1580. The zero-order valence-corrected chi connectivity index (χ0v) is 24.4. The lowest BCUT2D eigenvalue weighted by Gasteiger charge is -2.41. The first kappa shape index (κ1) is 26.1. The van der Waals surface area contributed by atoms with E-state index in [-0.39, 0.29) is 16.9 Å². The van der Waals surface area contributed by atoms with Crippen LogP contribution in [0, 0.1) is 19.3 Å². The molecule has 0 fully saturated rings. The number of benzene rings is 3. The van der Waals surface area contributed by atoms with Gasteiger partial charge in [-0.3, -0.25) is 4.90 Å². The minimum Gasteiger partial charge on any atom is -0.475 e. The van der Waals surface area contributed by atoms with Crippen LogP contribution < -0.4 is 9.64 Å². The topological polar surface area (TPSA) is 47.0 Å². The van der Waals surface area contributed by atoms with E-state index in [2.05, 4.69) is 114 Å². The van der Waals surface area contributed by atoms with E-state index in [1.165, 1.54) is 11.1 Å². The standard InChI is InChI=1S/C35H37N3O2/c1-22-15-24(33-37-31(21-39-33)34(3,4)5)19-26(17-22)40-27-18-23(2)16-25(20-27)38-30-13-9-8-11-28(30)35(6,7)29-12-10-14-36-32(29)38/h8-20,31H,21H2,1-7H3/t31-/m0/s1. The van der Waals surface area contributed by atoms with Crippen molar-refractivity contribution in [3.63, 3.8) is 0 Å². The Morgan fingerprint density at radius 3 is 2.33 bits per heavy atom. The Morgan fingerprint density at radius 1 is 0.875 bits per heavy atom. The van der Waals surface area contributed by atoms with Crippen molar-refractivity contribution >= 4 is 23.1 Å². The molecule has 204 valence electrons. The van der Waals surface area contributed by atoms with E-state index < -0.39 is 0 Å². The molecule has 2 aliphatic rings. The third-order valence-electron chi connectivity index (χ3n) is 7.97. The Kier molecular flexibility index (Phi) is 6.21. The van der Waals surface area contributed by atoms with Gasteiger partial charge >= 0.3 is 0 Å². The summed E-state index contributed by atoms with van der Waals surface area (Å²) in [4.78, 5) is 12.0. The fraction of sp³-hybridized carbons (Fsp3) is 0.314. The maximum absolute atomic E-state index is 6.53. The molecule has 0 saturated heterocycles. The number of anilines is 3. The quantitative estimate of drug-likeness (QED) is 0.264. The molecule has 0 unspecified atom stereocenters. The molecule has 4 aromatic rings. The normalized spacial score (nSPS) is 17.5. The summed E-state index contributed by atoms with van der Waals surface area (Å²) in [6.07, 6.45) is 1.87. The number of rotatable bonds is 4. The van der Waals surface area contributed by atoms with Crippen LogP contribution in [0.5, 0.6) is 11.5 Å². The molecule has 2 aliphatic heterocycles. The van der Waals surface area contributed by atoms with E-state index in [9.17, 15) is 0 Å². The average Bonchev–Trinajstić information content (AvgIpc) is 3.40. The van der Waals surface area contributed by atoms with Gasteiger partial charge in [-0.15, -0.1) is 0 Å². The second-order valence-electron chi connectivity index (χ2n) is 12.6. The number of ether oxygens (including phenoxy) is 2. The lowest BCUT2D eigenvalue weighted by Crippen LogP contribution is -2.31. The van der Waals surface area contributed by atoms with Gasteiger partial charge in [-0.25, -0.2) is 9.98 Å². The molecule has 3 heterocycles. The summed E-state index contributed by atoms with van der Waals surface area (Å²) in [6, 6.07) is 25.5. The predicted octanol–water partition coefficient (Wildman–Crippen LogP) is 8.79. The highest BCUT2D eigenvalue weighted by atomic mass is 16.5. The van der Waals surface area contributed by atoms with Crippen LogP contribution in [0.15, 0.2) is 84.0 Å². The average molecular weight is 532 g/mol. The van der Waals surface area contributed by atoms with Crippen LogP contribution in [-0.2, 0) is 10.2 Å². The molecule has 1 aromatic heterocycles. The number of nitrogens with zero attached hydrogens (tertiary/aromatic N) is 3. The van der Waals surface area contributed by atoms with Crippen molar-refractivity contribution in [2.24, 2.45) is 10.4 Å². The molecule has 0 spiro atoms. The molecule has 6 rings (SSSR count). The Balaban J connectivity index is 1.39. The number of hydrogen-bond acceptors (Lipinski definition) is 5. The summed E-state index contributed by atoms with van der Waals surface area (Å²) in [5.41, 5.74) is 7.67. The van der Waals surface area contributed by atoms with Gasteiger partial charge in [0.2, 0.25) is 5.90 Å². The zero-order valence-electron chi connectivity index (χ0n) is 24.4. The van der Waals surface area contributed by atoms with E-state index in [1.807, 2.05) is 18.3 Å². The van der Waals surface area contributed by atoms with Gasteiger partial charge < -0.3 is 9.47 Å². The SMILES string of the molecule is Cc1cc(Oc2cc(C)cc(N3c4ccccc4C(C)(C)c4cccnc43)c2)cc(C2=N[C@H](C(C)(C)C)CO2)c1. The summed E-state index contributed by atoms with van der Waals surface area (Å²) in [7, 11) is 0. The second-order valence-corrected chi connectivity index (χ2v) is 12.6. The van der Waals surface area contributed by atoms with Crippen LogP contribution in [0.1, 0.15) is 62.4 Å². The fourth-order valence-corrected chi connectivity index (χ4v) is 5.74. The minimum absolute atomic E-state index is 0.0542. The van der Waals surface area contributed by atoms with E-state index in [4.69, 9.17) is 19.5 Å². The maximum Gasteiger partial charge on any atom is 0.216 e. The van der Waals surface area contributed by atoms with E-state index >= 15 is 0 Å². The molecule has 1 atom stereocenters. The third kappa shape index (κ3) is 4.64. The molecule has 0 bridgehead atoms. The van der Waals surface area contributed by atoms with Crippen LogP contribution in [-0.4, -0.2) is 23.5 Å². The molecule has 5 nitrogen and oxygen atoms in total. The highest BCUT2D eigenvalue weighted by Gasteiger charge is 2.37. The number of hydrogen-bond donors (Lipinski definition) is 0. The van der Waals surface area contributed by atoms with Crippen molar-refractivity contribution < 1.29 is 9.47 Å². The monoisotopic (exact) mass is 531 g/mol. The fourth-order valence-electron chi connectivity index (χ4n) is 5.74. The van der Waals surface area contributed by atoms with Crippen molar-refractivity contribution in [2.45, 2.75) is 59.9 Å². The largest absolute Gasteiger partial charge is 0.475 e. The lowest BCUT2D eigenvalue weighted by atomic mass is 9.74. The Morgan fingerprint density at radius 2 is 1.57 bits per heavy atom. The summed E-state index contributed by atoms with van der Waals surface area (Å²) in [6.45, 7) is 15.9. The molecule has 0 N–H and O–H groups in total. The molecule has 0 amide bonds. The maximum atomic E-state index is 6.53. The molecule has 0 aliphatic carbocycles. The molecule has 3 aromatic carbocycles. The molecular formula is C35H37N3O2. The van der Waals surface area contributed by atoms with Crippen molar-refractivity contribution in [3.05, 3.63) is 107 Å². The van der Waals surface area contributed by atoms with Gasteiger partial charge in [-0.2, -0.15) is 0 Å². The number of para-hydroxylation sites is 1. The first-order chi connectivity index (χ1) is 19.0. The van der Waals surface area contributed by atoms with Crippen LogP contribution >= 0.6 is 0 Å².